The first kappa shape index (κ1) is 18.5. The summed E-state index contributed by atoms with van der Waals surface area (Å²) in [5.41, 5.74) is 0.734. The molecular formula is C21H26N4O3. The molecule has 2 aromatic rings. The molecule has 0 bridgehead atoms. The first-order valence-electron chi connectivity index (χ1n) is 9.96. The van der Waals surface area contributed by atoms with Crippen molar-refractivity contribution in [3.8, 4) is 5.69 Å². The molecule has 2 fully saturated rings. The van der Waals surface area contributed by atoms with Crippen molar-refractivity contribution in [2.45, 2.75) is 32.6 Å². The van der Waals surface area contributed by atoms with Crippen molar-refractivity contribution in [2.24, 2.45) is 5.41 Å². The van der Waals surface area contributed by atoms with Gasteiger partial charge in [-0.25, -0.2) is 4.68 Å². The number of para-hydroxylation sites is 1. The van der Waals surface area contributed by atoms with E-state index in [4.69, 9.17) is 0 Å². The lowest BCUT2D eigenvalue weighted by atomic mass is 9.73. The SMILES string of the molecule is CCN1C[C@]2(CCCN(C(=O)c3cc(=O)n(-c4ccccc4)[nH]3)C2)CCC1=O. The van der Waals surface area contributed by atoms with Crippen LogP contribution in [-0.2, 0) is 4.79 Å². The predicted molar refractivity (Wildman–Crippen MR) is 105 cm³/mol. The molecule has 0 aliphatic carbocycles. The van der Waals surface area contributed by atoms with E-state index in [9.17, 15) is 14.4 Å². The average Bonchev–Trinajstić information content (AvgIpc) is 3.12. The highest BCUT2D eigenvalue weighted by atomic mass is 16.2. The second-order valence-electron chi connectivity index (χ2n) is 7.92. The molecule has 148 valence electrons. The first-order chi connectivity index (χ1) is 13.5. The number of hydrogen-bond donors (Lipinski definition) is 1. The van der Waals surface area contributed by atoms with Gasteiger partial charge in [0.05, 0.1) is 5.69 Å². The lowest BCUT2D eigenvalue weighted by Gasteiger charge is -2.48. The Kier molecular flexibility index (Phi) is 4.83. The van der Waals surface area contributed by atoms with Crippen molar-refractivity contribution in [3.63, 3.8) is 0 Å². The van der Waals surface area contributed by atoms with Gasteiger partial charge in [-0.2, -0.15) is 0 Å². The maximum atomic E-state index is 13.1. The van der Waals surface area contributed by atoms with Gasteiger partial charge in [0.25, 0.3) is 11.5 Å². The van der Waals surface area contributed by atoms with E-state index in [0.717, 1.165) is 19.3 Å². The number of carbonyl (C=O) groups is 2. The average molecular weight is 382 g/mol. The number of piperidine rings is 2. The van der Waals surface area contributed by atoms with Crippen LogP contribution in [0.25, 0.3) is 5.69 Å². The van der Waals surface area contributed by atoms with Gasteiger partial charge >= 0.3 is 0 Å². The van der Waals surface area contributed by atoms with Gasteiger partial charge in [-0.1, -0.05) is 18.2 Å². The minimum absolute atomic E-state index is 0.0277. The quantitative estimate of drug-likeness (QED) is 0.882. The molecule has 2 aliphatic rings. The zero-order valence-electron chi connectivity index (χ0n) is 16.2. The summed E-state index contributed by atoms with van der Waals surface area (Å²) in [6.45, 7) is 4.74. The Bertz CT molecular complexity index is 933. The molecule has 1 spiro atoms. The Morgan fingerprint density at radius 3 is 2.68 bits per heavy atom. The number of nitrogens with zero attached hydrogens (tertiary/aromatic N) is 3. The minimum Gasteiger partial charge on any atom is -0.342 e. The highest BCUT2D eigenvalue weighted by Crippen LogP contribution is 2.39. The zero-order chi connectivity index (χ0) is 19.7. The molecule has 4 rings (SSSR count). The van der Waals surface area contributed by atoms with Gasteiger partial charge in [0.15, 0.2) is 0 Å². The van der Waals surface area contributed by atoms with Crippen molar-refractivity contribution in [1.82, 2.24) is 19.6 Å². The lowest BCUT2D eigenvalue weighted by molar-refractivity contribution is -0.138. The van der Waals surface area contributed by atoms with Crippen molar-refractivity contribution in [1.29, 1.82) is 0 Å². The van der Waals surface area contributed by atoms with Crippen LogP contribution in [0.5, 0.6) is 0 Å². The molecule has 2 saturated heterocycles. The molecule has 2 aliphatic heterocycles. The van der Waals surface area contributed by atoms with E-state index in [0.29, 0.717) is 44.0 Å². The summed E-state index contributed by atoms with van der Waals surface area (Å²) in [7, 11) is 0. The van der Waals surface area contributed by atoms with Crippen LogP contribution < -0.4 is 5.56 Å². The topological polar surface area (TPSA) is 78.4 Å². The van der Waals surface area contributed by atoms with E-state index in [1.165, 1.54) is 10.7 Å². The second kappa shape index (κ2) is 7.30. The number of aromatic nitrogens is 2. The van der Waals surface area contributed by atoms with Crippen LogP contribution in [-0.4, -0.2) is 57.6 Å². The third-order valence-electron chi connectivity index (χ3n) is 6.04. The van der Waals surface area contributed by atoms with Crippen LogP contribution in [0, 0.1) is 5.41 Å². The Labute approximate surface area is 163 Å². The third-order valence-corrected chi connectivity index (χ3v) is 6.04. The van der Waals surface area contributed by atoms with E-state index in [2.05, 4.69) is 5.10 Å². The Morgan fingerprint density at radius 2 is 1.93 bits per heavy atom. The summed E-state index contributed by atoms with van der Waals surface area (Å²) in [4.78, 5) is 41.3. The van der Waals surface area contributed by atoms with Crippen molar-refractivity contribution >= 4 is 11.8 Å². The monoisotopic (exact) mass is 382 g/mol. The summed E-state index contributed by atoms with van der Waals surface area (Å²) >= 11 is 0. The van der Waals surface area contributed by atoms with E-state index in [-0.39, 0.29) is 22.8 Å². The Balaban J connectivity index is 1.54. The minimum atomic E-state index is -0.248. The van der Waals surface area contributed by atoms with Crippen LogP contribution >= 0.6 is 0 Å². The van der Waals surface area contributed by atoms with E-state index >= 15 is 0 Å². The second-order valence-corrected chi connectivity index (χ2v) is 7.92. The summed E-state index contributed by atoms with van der Waals surface area (Å²) < 4.78 is 1.39. The standard InChI is InChI=1S/C21H26N4O3/c1-2-23-14-21(11-9-18(23)26)10-6-12-24(15-21)20(28)17-13-19(27)25(22-17)16-7-4-3-5-8-16/h3-5,7-8,13,22H,2,6,9-12,14-15H2,1H3/t21-/m0/s1. The van der Waals surface area contributed by atoms with Crippen LogP contribution in [0.15, 0.2) is 41.2 Å². The first-order valence-corrected chi connectivity index (χ1v) is 9.96. The van der Waals surface area contributed by atoms with Crippen LogP contribution in [0.3, 0.4) is 0 Å². The largest absolute Gasteiger partial charge is 0.342 e. The van der Waals surface area contributed by atoms with E-state index in [1.807, 2.05) is 47.1 Å². The van der Waals surface area contributed by atoms with Crippen molar-refractivity contribution in [3.05, 3.63) is 52.4 Å². The van der Waals surface area contributed by atoms with Crippen molar-refractivity contribution < 1.29 is 9.59 Å². The van der Waals surface area contributed by atoms with Crippen LogP contribution in [0.2, 0.25) is 0 Å². The summed E-state index contributed by atoms with van der Waals surface area (Å²) in [6, 6.07) is 10.6. The van der Waals surface area contributed by atoms with Gasteiger partial charge < -0.3 is 9.80 Å². The normalized spacial score (nSPS) is 22.7. The van der Waals surface area contributed by atoms with Gasteiger partial charge in [0.2, 0.25) is 5.91 Å². The smallest absolute Gasteiger partial charge is 0.271 e. The summed E-state index contributed by atoms with van der Waals surface area (Å²) in [5.74, 6) is 0.0617. The van der Waals surface area contributed by atoms with E-state index < -0.39 is 0 Å². The maximum Gasteiger partial charge on any atom is 0.271 e. The van der Waals surface area contributed by atoms with Gasteiger partial charge in [0.1, 0.15) is 5.69 Å². The van der Waals surface area contributed by atoms with Gasteiger partial charge in [0, 0.05) is 44.1 Å². The van der Waals surface area contributed by atoms with Crippen LogP contribution in [0.1, 0.15) is 43.1 Å². The van der Waals surface area contributed by atoms with Crippen molar-refractivity contribution in [2.75, 3.05) is 26.2 Å². The molecule has 0 saturated carbocycles. The molecule has 7 nitrogen and oxygen atoms in total. The maximum absolute atomic E-state index is 13.1. The molecule has 1 N–H and O–H groups in total. The number of carbonyl (C=O) groups excluding carboxylic acids is 2. The Morgan fingerprint density at radius 1 is 1.14 bits per heavy atom. The number of likely N-dealkylation sites (tertiary alicyclic amines) is 2. The fourth-order valence-electron chi connectivity index (χ4n) is 4.55. The molecule has 3 heterocycles. The number of rotatable bonds is 3. The lowest BCUT2D eigenvalue weighted by Crippen LogP contribution is -2.55. The van der Waals surface area contributed by atoms with Gasteiger partial charge in [-0.3, -0.25) is 19.5 Å². The molecule has 7 heteroatoms. The number of nitrogens with one attached hydrogen (secondary N) is 1. The number of H-pyrrole nitrogens is 1. The third kappa shape index (κ3) is 3.37. The fraction of sp³-hybridized carbons (Fsp3) is 0.476. The molecule has 1 aromatic heterocycles. The number of aromatic amines is 1. The van der Waals surface area contributed by atoms with E-state index in [1.54, 1.807) is 0 Å². The highest BCUT2D eigenvalue weighted by molar-refractivity contribution is 5.92. The molecule has 28 heavy (non-hydrogen) atoms. The molecule has 0 unspecified atom stereocenters. The number of benzene rings is 1. The van der Waals surface area contributed by atoms with Crippen LogP contribution in [0.4, 0.5) is 0 Å². The molecular weight excluding hydrogens is 356 g/mol. The molecule has 1 aromatic carbocycles. The highest BCUT2D eigenvalue weighted by Gasteiger charge is 2.42. The van der Waals surface area contributed by atoms with Gasteiger partial charge in [-0.15, -0.1) is 0 Å². The fourth-order valence-corrected chi connectivity index (χ4v) is 4.55. The zero-order valence-corrected chi connectivity index (χ0v) is 16.2. The number of hydrogen-bond acceptors (Lipinski definition) is 3. The summed E-state index contributed by atoms with van der Waals surface area (Å²) in [5, 5.41) is 2.96. The summed E-state index contributed by atoms with van der Waals surface area (Å²) in [6.07, 6.45) is 3.33. The molecule has 0 radical (unpaired) electrons. The molecule has 2 amide bonds. The molecule has 1 atom stereocenters. The Hall–Kier alpha value is -2.83. The number of amides is 2. The van der Waals surface area contributed by atoms with Gasteiger partial charge in [-0.05, 0) is 38.3 Å². The predicted octanol–water partition coefficient (Wildman–Crippen LogP) is 2.03.